The Morgan fingerprint density at radius 1 is 1.06 bits per heavy atom. The number of hydrogen-bond donors (Lipinski definition) is 4. The molecule has 7 nitrogen and oxygen atoms in total. The van der Waals surface area contributed by atoms with Crippen LogP contribution in [0.25, 0.3) is 22.2 Å². The lowest BCUT2D eigenvalue weighted by Crippen LogP contribution is -2.21. The number of anilines is 2. The van der Waals surface area contributed by atoms with Crippen molar-refractivity contribution in [3.63, 3.8) is 0 Å². The van der Waals surface area contributed by atoms with Crippen LogP contribution in [-0.4, -0.2) is 51.4 Å². The third-order valence-electron chi connectivity index (χ3n) is 7.59. The molecule has 0 bridgehead atoms. The summed E-state index contributed by atoms with van der Waals surface area (Å²) in [6.45, 7) is 5.29. The van der Waals surface area contributed by atoms with E-state index >= 15 is 0 Å². The third-order valence-corrected chi connectivity index (χ3v) is 7.59. The summed E-state index contributed by atoms with van der Waals surface area (Å²) in [5.74, 6) is 0.699. The van der Waals surface area contributed by atoms with Crippen LogP contribution in [-0.2, 0) is 0 Å². The van der Waals surface area contributed by atoms with Crippen molar-refractivity contribution in [1.29, 1.82) is 0 Å². The molecule has 3 heterocycles. The summed E-state index contributed by atoms with van der Waals surface area (Å²) < 4.78 is 2.34. The number of aromatic nitrogens is 3. The Morgan fingerprint density at radius 2 is 1.89 bits per heavy atom. The molecule has 3 aromatic rings. The third kappa shape index (κ3) is 5.78. The molecule has 35 heavy (non-hydrogen) atoms. The molecule has 1 aliphatic heterocycles. The first-order valence-corrected chi connectivity index (χ1v) is 13.6. The van der Waals surface area contributed by atoms with Gasteiger partial charge in [0.15, 0.2) is 0 Å². The van der Waals surface area contributed by atoms with Gasteiger partial charge in [0.2, 0.25) is 5.95 Å². The van der Waals surface area contributed by atoms with Gasteiger partial charge >= 0.3 is 0 Å². The van der Waals surface area contributed by atoms with Crippen molar-refractivity contribution in [3.8, 4) is 11.1 Å². The SMILES string of the molecule is CCCCNc1ncc2c(-c3ccc(NC4CCCNCC4)cc3)cn([C@H]3CC[C@H](O)CC3)c2n1. The number of aliphatic hydroxyl groups excluding tert-OH is 1. The van der Waals surface area contributed by atoms with Crippen LogP contribution in [0.5, 0.6) is 0 Å². The highest BCUT2D eigenvalue weighted by Crippen LogP contribution is 2.37. The summed E-state index contributed by atoms with van der Waals surface area (Å²) in [4.78, 5) is 9.60. The van der Waals surface area contributed by atoms with Crippen LogP contribution in [0.1, 0.15) is 70.8 Å². The van der Waals surface area contributed by atoms with Crippen LogP contribution >= 0.6 is 0 Å². The monoisotopic (exact) mass is 476 g/mol. The van der Waals surface area contributed by atoms with Crippen LogP contribution in [0, 0.1) is 0 Å². The van der Waals surface area contributed by atoms with Gasteiger partial charge in [0.05, 0.1) is 6.10 Å². The van der Waals surface area contributed by atoms with Crippen LogP contribution in [0.2, 0.25) is 0 Å². The zero-order valence-electron chi connectivity index (χ0n) is 21.0. The highest BCUT2D eigenvalue weighted by molar-refractivity contribution is 5.94. The van der Waals surface area contributed by atoms with Crippen molar-refractivity contribution >= 4 is 22.7 Å². The normalized spacial score (nSPS) is 23.2. The largest absolute Gasteiger partial charge is 0.393 e. The second-order valence-corrected chi connectivity index (χ2v) is 10.2. The second kappa shape index (κ2) is 11.4. The van der Waals surface area contributed by atoms with E-state index < -0.39 is 0 Å². The van der Waals surface area contributed by atoms with Gasteiger partial charge in [-0.3, -0.25) is 0 Å². The van der Waals surface area contributed by atoms with E-state index in [1.54, 1.807) is 0 Å². The summed E-state index contributed by atoms with van der Waals surface area (Å²) in [7, 11) is 0. The van der Waals surface area contributed by atoms with E-state index in [1.165, 1.54) is 29.7 Å². The molecule has 7 heteroatoms. The second-order valence-electron chi connectivity index (χ2n) is 10.2. The summed E-state index contributed by atoms with van der Waals surface area (Å²) in [6, 6.07) is 9.73. The van der Waals surface area contributed by atoms with Crippen LogP contribution in [0.15, 0.2) is 36.7 Å². The van der Waals surface area contributed by atoms with Gasteiger partial charge < -0.3 is 25.6 Å². The zero-order valence-corrected chi connectivity index (χ0v) is 21.0. The minimum absolute atomic E-state index is 0.169. The van der Waals surface area contributed by atoms with Crippen LogP contribution in [0.4, 0.5) is 11.6 Å². The van der Waals surface area contributed by atoms with E-state index in [4.69, 9.17) is 4.98 Å². The molecule has 1 atom stereocenters. The zero-order chi connectivity index (χ0) is 24.0. The van der Waals surface area contributed by atoms with Crippen LogP contribution < -0.4 is 16.0 Å². The molecule has 1 saturated carbocycles. The molecule has 1 aromatic carbocycles. The first-order chi connectivity index (χ1) is 17.2. The fourth-order valence-corrected chi connectivity index (χ4v) is 5.48. The number of rotatable bonds is 8. The summed E-state index contributed by atoms with van der Waals surface area (Å²) in [5, 5.41) is 21.7. The molecule has 0 radical (unpaired) electrons. The maximum atomic E-state index is 10.0. The Bertz CT molecular complexity index is 1080. The average molecular weight is 477 g/mol. The highest BCUT2D eigenvalue weighted by Gasteiger charge is 2.24. The van der Waals surface area contributed by atoms with E-state index in [-0.39, 0.29) is 6.10 Å². The first-order valence-electron chi connectivity index (χ1n) is 13.6. The van der Waals surface area contributed by atoms with Crippen molar-refractivity contribution in [2.45, 2.75) is 82.9 Å². The fourth-order valence-electron chi connectivity index (χ4n) is 5.48. The molecule has 5 rings (SSSR count). The van der Waals surface area contributed by atoms with E-state index in [0.29, 0.717) is 18.0 Å². The lowest BCUT2D eigenvalue weighted by molar-refractivity contribution is 0.111. The Labute approximate surface area is 208 Å². The maximum absolute atomic E-state index is 10.0. The maximum Gasteiger partial charge on any atom is 0.224 e. The van der Waals surface area contributed by atoms with Gasteiger partial charge in [-0.1, -0.05) is 25.5 Å². The number of benzene rings is 1. The molecule has 0 amide bonds. The van der Waals surface area contributed by atoms with Crippen molar-refractivity contribution in [2.24, 2.45) is 0 Å². The highest BCUT2D eigenvalue weighted by atomic mass is 16.3. The summed E-state index contributed by atoms with van der Waals surface area (Å²) >= 11 is 0. The number of fused-ring (bicyclic) bond motifs is 1. The Morgan fingerprint density at radius 3 is 2.69 bits per heavy atom. The number of aliphatic hydroxyl groups is 1. The van der Waals surface area contributed by atoms with Crippen molar-refractivity contribution in [2.75, 3.05) is 30.3 Å². The molecule has 1 unspecified atom stereocenters. The van der Waals surface area contributed by atoms with Gasteiger partial charge in [-0.05, 0) is 82.2 Å². The molecular weight excluding hydrogens is 436 g/mol. The smallest absolute Gasteiger partial charge is 0.224 e. The van der Waals surface area contributed by atoms with E-state index in [9.17, 15) is 5.11 Å². The number of unbranched alkanes of at least 4 members (excludes halogenated alkanes) is 1. The summed E-state index contributed by atoms with van der Waals surface area (Å²) in [5.41, 5.74) is 4.54. The molecule has 2 aliphatic rings. The van der Waals surface area contributed by atoms with E-state index in [1.807, 2.05) is 6.20 Å². The average Bonchev–Trinajstić information content (AvgIpc) is 3.06. The topological polar surface area (TPSA) is 87.0 Å². The molecule has 188 valence electrons. The molecule has 4 N–H and O–H groups in total. The lowest BCUT2D eigenvalue weighted by atomic mass is 9.93. The van der Waals surface area contributed by atoms with Gasteiger partial charge in [0.1, 0.15) is 5.65 Å². The summed E-state index contributed by atoms with van der Waals surface area (Å²) in [6.07, 6.45) is 13.6. The molecule has 1 saturated heterocycles. The number of nitrogens with zero attached hydrogens (tertiary/aromatic N) is 3. The molecule has 2 fully saturated rings. The van der Waals surface area contributed by atoms with Crippen LogP contribution in [0.3, 0.4) is 0 Å². The lowest BCUT2D eigenvalue weighted by Gasteiger charge is -2.27. The van der Waals surface area contributed by atoms with E-state index in [0.717, 1.165) is 75.6 Å². The minimum Gasteiger partial charge on any atom is -0.393 e. The van der Waals surface area contributed by atoms with E-state index in [2.05, 4.69) is 62.9 Å². The standard InChI is InChI=1S/C28H40N6O/c1-2-3-16-30-28-31-18-25-26(19-34(27(25)33-28)23-10-12-24(35)13-11-23)20-6-8-22(9-7-20)32-21-5-4-15-29-17-14-21/h6-9,18-19,21,23-24,29,32,35H,2-5,10-17H2,1H3,(H,30,31,33)/t21?,23-,24-. The number of nitrogens with one attached hydrogen (secondary N) is 3. The first kappa shape index (κ1) is 24.1. The van der Waals surface area contributed by atoms with Gasteiger partial charge in [-0.25, -0.2) is 4.98 Å². The Kier molecular flexibility index (Phi) is 7.84. The Hall–Kier alpha value is -2.64. The molecule has 0 spiro atoms. The van der Waals surface area contributed by atoms with Crippen molar-refractivity contribution < 1.29 is 5.11 Å². The molecular formula is C28H40N6O. The van der Waals surface area contributed by atoms with Crippen molar-refractivity contribution in [1.82, 2.24) is 19.9 Å². The quantitative estimate of drug-likeness (QED) is 0.328. The molecule has 1 aliphatic carbocycles. The fraction of sp³-hybridized carbons (Fsp3) is 0.571. The van der Waals surface area contributed by atoms with Gasteiger partial charge in [0, 0.05) is 47.7 Å². The molecule has 2 aromatic heterocycles. The van der Waals surface area contributed by atoms with Gasteiger partial charge in [-0.2, -0.15) is 4.98 Å². The minimum atomic E-state index is -0.169. The van der Waals surface area contributed by atoms with Gasteiger partial charge in [0.25, 0.3) is 0 Å². The van der Waals surface area contributed by atoms with Gasteiger partial charge in [-0.15, -0.1) is 0 Å². The number of hydrogen-bond acceptors (Lipinski definition) is 6. The predicted molar refractivity (Wildman–Crippen MR) is 144 cm³/mol. The Balaban J connectivity index is 1.42. The predicted octanol–water partition coefficient (Wildman–Crippen LogP) is 5.34. The van der Waals surface area contributed by atoms with Crippen molar-refractivity contribution in [3.05, 3.63) is 36.7 Å².